The van der Waals surface area contributed by atoms with Crippen LogP contribution < -0.4 is 11.3 Å². The first-order chi connectivity index (χ1) is 7.74. The van der Waals surface area contributed by atoms with Crippen molar-refractivity contribution in [3.8, 4) is 0 Å². The molecule has 1 unspecified atom stereocenters. The lowest BCUT2D eigenvalue weighted by atomic mass is 10.0. The van der Waals surface area contributed by atoms with E-state index in [1.165, 1.54) is 0 Å². The number of benzene rings is 1. The van der Waals surface area contributed by atoms with Crippen LogP contribution in [0, 0.1) is 0 Å². The zero-order valence-electron chi connectivity index (χ0n) is 9.27. The number of rotatable bonds is 3. The van der Waals surface area contributed by atoms with Crippen LogP contribution in [0.25, 0.3) is 10.8 Å². The van der Waals surface area contributed by atoms with Crippen molar-refractivity contribution in [3.63, 3.8) is 0 Å². The van der Waals surface area contributed by atoms with E-state index in [0.29, 0.717) is 0 Å². The number of hydrogen-bond donors (Lipinski definition) is 2. The third kappa shape index (κ3) is 1.83. The third-order valence-electron chi connectivity index (χ3n) is 2.64. The highest BCUT2D eigenvalue weighted by atomic mass is 15.2. The van der Waals surface area contributed by atoms with E-state index >= 15 is 0 Å². The highest BCUT2D eigenvalue weighted by Crippen LogP contribution is 2.25. The molecule has 0 amide bonds. The lowest BCUT2D eigenvalue weighted by Crippen LogP contribution is -2.29. The highest BCUT2D eigenvalue weighted by Gasteiger charge is 2.14. The average molecular weight is 213 g/mol. The van der Waals surface area contributed by atoms with Crippen molar-refractivity contribution >= 4 is 10.8 Å². The molecular weight excluding hydrogens is 198 g/mol. The monoisotopic (exact) mass is 213 g/mol. The zero-order valence-corrected chi connectivity index (χ0v) is 9.27. The van der Waals surface area contributed by atoms with Crippen molar-refractivity contribution in [1.29, 1.82) is 0 Å². The number of nitrogens with zero attached hydrogens (tertiary/aromatic N) is 1. The molecule has 0 fully saturated rings. The van der Waals surface area contributed by atoms with Crippen molar-refractivity contribution < 1.29 is 0 Å². The molecule has 82 valence electrons. The van der Waals surface area contributed by atoms with Gasteiger partial charge >= 0.3 is 0 Å². The van der Waals surface area contributed by atoms with Gasteiger partial charge in [0.25, 0.3) is 0 Å². The van der Waals surface area contributed by atoms with E-state index in [-0.39, 0.29) is 6.04 Å². The summed E-state index contributed by atoms with van der Waals surface area (Å²) in [4.78, 5) is 4.40. The Morgan fingerprint density at radius 2 is 2.12 bits per heavy atom. The lowest BCUT2D eigenvalue weighted by Gasteiger charge is -2.17. The first-order valence-electron chi connectivity index (χ1n) is 5.19. The second kappa shape index (κ2) is 4.43. The van der Waals surface area contributed by atoms with Gasteiger partial charge in [0.2, 0.25) is 0 Å². The van der Waals surface area contributed by atoms with Crippen molar-refractivity contribution in [2.45, 2.75) is 13.0 Å². The molecule has 1 aromatic heterocycles. The van der Waals surface area contributed by atoms with Crippen LogP contribution in [0.15, 0.2) is 48.7 Å². The van der Waals surface area contributed by atoms with Crippen molar-refractivity contribution in [3.05, 3.63) is 54.4 Å². The van der Waals surface area contributed by atoms with Crippen LogP contribution in [0.2, 0.25) is 0 Å². The lowest BCUT2D eigenvalue weighted by molar-refractivity contribution is 0.616. The van der Waals surface area contributed by atoms with E-state index in [1.54, 1.807) is 6.20 Å². The van der Waals surface area contributed by atoms with Gasteiger partial charge in [0.05, 0.1) is 11.7 Å². The predicted molar refractivity (Wildman–Crippen MR) is 66.6 cm³/mol. The van der Waals surface area contributed by atoms with Gasteiger partial charge in [-0.3, -0.25) is 10.8 Å². The fraction of sp³-hybridized carbons (Fsp3) is 0.154. The second-order valence-electron chi connectivity index (χ2n) is 3.86. The molecule has 0 aliphatic rings. The molecule has 3 nitrogen and oxygen atoms in total. The van der Waals surface area contributed by atoms with Gasteiger partial charge in [0.15, 0.2) is 0 Å². The summed E-state index contributed by atoms with van der Waals surface area (Å²) in [5, 5.41) is 2.27. The largest absolute Gasteiger partial charge is 0.271 e. The molecule has 16 heavy (non-hydrogen) atoms. The fourth-order valence-electron chi connectivity index (χ4n) is 1.83. The molecule has 0 saturated heterocycles. The third-order valence-corrected chi connectivity index (χ3v) is 2.64. The van der Waals surface area contributed by atoms with Gasteiger partial charge in [0.1, 0.15) is 0 Å². The highest BCUT2D eigenvalue weighted by molar-refractivity contribution is 5.84. The Balaban J connectivity index is 2.63. The van der Waals surface area contributed by atoms with E-state index in [0.717, 1.165) is 22.0 Å². The topological polar surface area (TPSA) is 50.9 Å². The molecule has 1 heterocycles. The molecule has 0 aliphatic heterocycles. The number of nitrogens with two attached hydrogens (primary N) is 1. The van der Waals surface area contributed by atoms with Crippen LogP contribution in [0.1, 0.15) is 18.7 Å². The Hall–Kier alpha value is -1.71. The minimum Gasteiger partial charge on any atom is -0.271 e. The van der Waals surface area contributed by atoms with Gasteiger partial charge in [-0.2, -0.15) is 0 Å². The zero-order chi connectivity index (χ0) is 11.5. The Labute approximate surface area is 95.0 Å². The van der Waals surface area contributed by atoms with Gasteiger partial charge < -0.3 is 0 Å². The summed E-state index contributed by atoms with van der Waals surface area (Å²) < 4.78 is 0. The summed E-state index contributed by atoms with van der Waals surface area (Å²) in [6.45, 7) is 5.87. The predicted octanol–water partition coefficient (Wildman–Crippen LogP) is 2.32. The van der Waals surface area contributed by atoms with E-state index in [9.17, 15) is 0 Å². The Kier molecular flexibility index (Phi) is 2.99. The average Bonchev–Trinajstić information content (AvgIpc) is 2.30. The van der Waals surface area contributed by atoms with E-state index in [2.05, 4.69) is 23.1 Å². The molecule has 2 aromatic rings. The molecule has 3 heteroatoms. The van der Waals surface area contributed by atoms with Crippen LogP contribution in [0.5, 0.6) is 0 Å². The van der Waals surface area contributed by atoms with E-state index in [4.69, 9.17) is 5.84 Å². The van der Waals surface area contributed by atoms with Gasteiger partial charge in [-0.15, -0.1) is 0 Å². The maximum atomic E-state index is 5.55. The molecule has 1 aromatic carbocycles. The van der Waals surface area contributed by atoms with Crippen LogP contribution in [0.3, 0.4) is 0 Å². The molecule has 0 bridgehead atoms. The number of aromatic nitrogens is 1. The summed E-state index contributed by atoms with van der Waals surface area (Å²) in [6.07, 6.45) is 1.80. The quantitative estimate of drug-likeness (QED) is 0.467. The van der Waals surface area contributed by atoms with Gasteiger partial charge in [-0.05, 0) is 18.4 Å². The van der Waals surface area contributed by atoms with Gasteiger partial charge in [-0.1, -0.05) is 36.4 Å². The normalized spacial score (nSPS) is 12.6. The summed E-state index contributed by atoms with van der Waals surface area (Å²) >= 11 is 0. The molecule has 3 N–H and O–H groups in total. The molecule has 0 saturated carbocycles. The number of nitrogens with one attached hydrogen (secondary N) is 1. The number of fused-ring (bicyclic) bond motifs is 1. The van der Waals surface area contributed by atoms with Gasteiger partial charge in [0, 0.05) is 11.6 Å². The Bertz CT molecular complexity index is 514. The van der Waals surface area contributed by atoms with Crippen molar-refractivity contribution in [2.75, 3.05) is 0 Å². The molecule has 0 aliphatic carbocycles. The van der Waals surface area contributed by atoms with Crippen LogP contribution in [0.4, 0.5) is 0 Å². The van der Waals surface area contributed by atoms with E-state index < -0.39 is 0 Å². The Morgan fingerprint density at radius 3 is 2.81 bits per heavy atom. The molecule has 0 radical (unpaired) electrons. The van der Waals surface area contributed by atoms with Gasteiger partial charge in [-0.25, -0.2) is 5.43 Å². The number of hydrazine groups is 1. The summed E-state index contributed by atoms with van der Waals surface area (Å²) in [5.41, 5.74) is 4.62. The smallest absolute Gasteiger partial charge is 0.0842 e. The van der Waals surface area contributed by atoms with Crippen LogP contribution in [-0.4, -0.2) is 4.98 Å². The second-order valence-corrected chi connectivity index (χ2v) is 3.86. The summed E-state index contributed by atoms with van der Waals surface area (Å²) in [5.74, 6) is 5.55. The first-order valence-corrected chi connectivity index (χ1v) is 5.19. The minimum absolute atomic E-state index is 0.105. The van der Waals surface area contributed by atoms with E-state index in [1.807, 2.05) is 31.2 Å². The number of hydrogen-bond acceptors (Lipinski definition) is 3. The molecule has 2 rings (SSSR count). The maximum Gasteiger partial charge on any atom is 0.0842 e. The Morgan fingerprint density at radius 1 is 1.38 bits per heavy atom. The molecule has 0 spiro atoms. The fourth-order valence-corrected chi connectivity index (χ4v) is 1.83. The molecule has 1 atom stereocenters. The summed E-state index contributed by atoms with van der Waals surface area (Å²) in [6, 6.07) is 10.0. The number of pyridine rings is 1. The SMILES string of the molecule is C=C(C)C(NN)c1nccc2ccccc12. The van der Waals surface area contributed by atoms with Crippen LogP contribution in [-0.2, 0) is 0 Å². The van der Waals surface area contributed by atoms with Crippen molar-refractivity contribution in [1.82, 2.24) is 10.4 Å². The maximum absolute atomic E-state index is 5.55. The van der Waals surface area contributed by atoms with Crippen LogP contribution >= 0.6 is 0 Å². The standard InChI is InChI=1S/C13H15N3/c1-9(2)12(16-14)13-11-6-4-3-5-10(11)7-8-15-13/h3-8,12,16H,1,14H2,2H3. The minimum atomic E-state index is -0.105. The first kappa shape index (κ1) is 10.8. The molecular formula is C13H15N3. The summed E-state index contributed by atoms with van der Waals surface area (Å²) in [7, 11) is 0. The van der Waals surface area contributed by atoms with Crippen molar-refractivity contribution in [2.24, 2.45) is 5.84 Å².